The molecule has 0 N–H and O–H groups in total. The molecule has 0 aromatic heterocycles. The third kappa shape index (κ3) is 4.86. The second-order valence-electron chi connectivity index (χ2n) is 7.20. The van der Waals surface area contributed by atoms with E-state index in [1.54, 1.807) is 0 Å². The number of rotatable bonds is 5. The molecule has 0 aromatic carbocycles. The van der Waals surface area contributed by atoms with E-state index in [2.05, 4.69) is 39.5 Å². The van der Waals surface area contributed by atoms with Crippen molar-refractivity contribution in [1.29, 1.82) is 0 Å². The molecule has 1 aliphatic rings. The molecule has 0 aromatic rings. The van der Waals surface area contributed by atoms with Gasteiger partial charge in [0, 0.05) is 6.54 Å². The summed E-state index contributed by atoms with van der Waals surface area (Å²) in [5, 5.41) is 0. The first-order chi connectivity index (χ1) is 7.35. The van der Waals surface area contributed by atoms with E-state index in [1.807, 2.05) is 0 Å². The van der Waals surface area contributed by atoms with Gasteiger partial charge >= 0.3 is 0 Å². The molecule has 96 valence electrons. The Hall–Kier alpha value is -0.0400. The van der Waals surface area contributed by atoms with Crippen molar-refractivity contribution in [2.45, 2.75) is 66.7 Å². The van der Waals surface area contributed by atoms with E-state index >= 15 is 0 Å². The third-order valence-electron chi connectivity index (χ3n) is 4.01. The molecule has 16 heavy (non-hydrogen) atoms. The van der Waals surface area contributed by atoms with Crippen LogP contribution in [0.1, 0.15) is 66.7 Å². The molecule has 0 bridgehead atoms. The standard InChI is InChI=1S/C15H31N/c1-6-14(2,3)12-15(4,5)13-16-10-8-7-9-11-16/h6-13H2,1-5H3. The van der Waals surface area contributed by atoms with Crippen molar-refractivity contribution in [3.8, 4) is 0 Å². The van der Waals surface area contributed by atoms with Gasteiger partial charge in [0.25, 0.3) is 0 Å². The number of hydrogen-bond donors (Lipinski definition) is 0. The van der Waals surface area contributed by atoms with Gasteiger partial charge in [-0.1, -0.05) is 47.5 Å². The van der Waals surface area contributed by atoms with E-state index < -0.39 is 0 Å². The average Bonchev–Trinajstić information content (AvgIpc) is 2.17. The fourth-order valence-electron chi connectivity index (χ4n) is 3.20. The van der Waals surface area contributed by atoms with Crippen LogP contribution in [0.15, 0.2) is 0 Å². The summed E-state index contributed by atoms with van der Waals surface area (Å²) < 4.78 is 0. The summed E-state index contributed by atoms with van der Waals surface area (Å²) in [7, 11) is 0. The molecule has 0 unspecified atom stereocenters. The smallest absolute Gasteiger partial charge is 0.00329 e. The number of likely N-dealkylation sites (tertiary alicyclic amines) is 1. The Morgan fingerprint density at radius 1 is 0.875 bits per heavy atom. The van der Waals surface area contributed by atoms with Crippen molar-refractivity contribution in [1.82, 2.24) is 4.90 Å². The summed E-state index contributed by atoms with van der Waals surface area (Å²) in [5.41, 5.74) is 0.968. The van der Waals surface area contributed by atoms with Crippen LogP contribution in [-0.4, -0.2) is 24.5 Å². The van der Waals surface area contributed by atoms with E-state index in [9.17, 15) is 0 Å². The van der Waals surface area contributed by atoms with Gasteiger partial charge in [-0.3, -0.25) is 0 Å². The summed E-state index contributed by atoms with van der Waals surface area (Å²) in [5.74, 6) is 0. The van der Waals surface area contributed by atoms with Gasteiger partial charge in [-0.2, -0.15) is 0 Å². The lowest BCUT2D eigenvalue weighted by Crippen LogP contribution is -2.39. The van der Waals surface area contributed by atoms with Crippen LogP contribution >= 0.6 is 0 Å². The molecule has 1 heteroatoms. The molecule has 1 saturated heterocycles. The van der Waals surface area contributed by atoms with Crippen LogP contribution in [0.4, 0.5) is 0 Å². The lowest BCUT2D eigenvalue weighted by molar-refractivity contribution is 0.106. The van der Waals surface area contributed by atoms with Gasteiger partial charge in [-0.15, -0.1) is 0 Å². The van der Waals surface area contributed by atoms with Crippen LogP contribution in [0.5, 0.6) is 0 Å². The van der Waals surface area contributed by atoms with E-state index in [-0.39, 0.29) is 0 Å². The molecule has 0 atom stereocenters. The van der Waals surface area contributed by atoms with Gasteiger partial charge in [0.15, 0.2) is 0 Å². The molecule has 0 radical (unpaired) electrons. The zero-order valence-electron chi connectivity index (χ0n) is 12.1. The molecular formula is C15H31N. The first-order valence-corrected chi connectivity index (χ1v) is 7.07. The molecule has 1 aliphatic heterocycles. The molecule has 1 rings (SSSR count). The van der Waals surface area contributed by atoms with Gasteiger partial charge in [0.1, 0.15) is 0 Å². The molecule has 0 spiro atoms. The Morgan fingerprint density at radius 3 is 1.94 bits per heavy atom. The highest BCUT2D eigenvalue weighted by molar-refractivity contribution is 4.82. The van der Waals surface area contributed by atoms with E-state index in [0.29, 0.717) is 10.8 Å². The van der Waals surface area contributed by atoms with Crippen molar-refractivity contribution in [2.75, 3.05) is 19.6 Å². The second-order valence-corrected chi connectivity index (χ2v) is 7.20. The minimum atomic E-state index is 0.469. The Kier molecular flexibility index (Phi) is 4.85. The van der Waals surface area contributed by atoms with Crippen LogP contribution in [-0.2, 0) is 0 Å². The summed E-state index contributed by atoms with van der Waals surface area (Å²) in [6.07, 6.45) is 6.89. The predicted molar refractivity (Wildman–Crippen MR) is 72.8 cm³/mol. The van der Waals surface area contributed by atoms with Crippen molar-refractivity contribution < 1.29 is 0 Å². The lowest BCUT2D eigenvalue weighted by atomic mass is 9.73. The second kappa shape index (κ2) is 5.53. The predicted octanol–water partition coefficient (Wildman–Crippen LogP) is 4.32. The van der Waals surface area contributed by atoms with Crippen molar-refractivity contribution in [2.24, 2.45) is 10.8 Å². The van der Waals surface area contributed by atoms with Crippen LogP contribution < -0.4 is 0 Å². The topological polar surface area (TPSA) is 3.24 Å². The molecule has 0 amide bonds. The van der Waals surface area contributed by atoms with Gasteiger partial charge < -0.3 is 4.90 Å². The van der Waals surface area contributed by atoms with Gasteiger partial charge in [0.2, 0.25) is 0 Å². The molecule has 0 saturated carbocycles. The molecule has 0 aliphatic carbocycles. The fourth-order valence-corrected chi connectivity index (χ4v) is 3.20. The summed E-state index contributed by atoms with van der Waals surface area (Å²) >= 11 is 0. The highest BCUT2D eigenvalue weighted by Gasteiger charge is 2.29. The summed E-state index contributed by atoms with van der Waals surface area (Å²) in [4.78, 5) is 2.68. The Morgan fingerprint density at radius 2 is 1.44 bits per heavy atom. The minimum absolute atomic E-state index is 0.469. The maximum Gasteiger partial charge on any atom is 0.00329 e. The largest absolute Gasteiger partial charge is 0.303 e. The maximum atomic E-state index is 2.68. The van der Waals surface area contributed by atoms with Crippen LogP contribution in [0.3, 0.4) is 0 Å². The number of nitrogens with zero attached hydrogens (tertiary/aromatic N) is 1. The van der Waals surface area contributed by atoms with Crippen LogP contribution in [0, 0.1) is 10.8 Å². The summed E-state index contributed by atoms with van der Waals surface area (Å²) in [6, 6.07) is 0. The van der Waals surface area contributed by atoms with Gasteiger partial charge in [0.05, 0.1) is 0 Å². The summed E-state index contributed by atoms with van der Waals surface area (Å²) in [6.45, 7) is 16.0. The number of piperidine rings is 1. The third-order valence-corrected chi connectivity index (χ3v) is 4.01. The van der Waals surface area contributed by atoms with E-state index in [4.69, 9.17) is 0 Å². The number of hydrogen-bond acceptors (Lipinski definition) is 1. The Labute approximate surface area is 103 Å². The van der Waals surface area contributed by atoms with Crippen molar-refractivity contribution in [3.63, 3.8) is 0 Å². The van der Waals surface area contributed by atoms with Gasteiger partial charge in [-0.25, -0.2) is 0 Å². The molecule has 1 nitrogen and oxygen atoms in total. The normalized spacial score (nSPS) is 20.1. The van der Waals surface area contributed by atoms with Crippen molar-refractivity contribution >= 4 is 0 Å². The van der Waals surface area contributed by atoms with Crippen LogP contribution in [0.2, 0.25) is 0 Å². The zero-order chi connectivity index (χ0) is 12.2. The Balaban J connectivity index is 2.43. The zero-order valence-corrected chi connectivity index (χ0v) is 12.1. The lowest BCUT2D eigenvalue weighted by Gasteiger charge is -2.39. The minimum Gasteiger partial charge on any atom is -0.303 e. The molecule has 1 fully saturated rings. The average molecular weight is 225 g/mol. The Bertz CT molecular complexity index is 199. The first kappa shape index (κ1) is 14.0. The van der Waals surface area contributed by atoms with Crippen molar-refractivity contribution in [3.05, 3.63) is 0 Å². The van der Waals surface area contributed by atoms with Gasteiger partial charge in [-0.05, 0) is 43.2 Å². The maximum absolute atomic E-state index is 2.68. The van der Waals surface area contributed by atoms with Crippen LogP contribution in [0.25, 0.3) is 0 Å². The quantitative estimate of drug-likeness (QED) is 0.673. The van der Waals surface area contributed by atoms with E-state index in [1.165, 1.54) is 51.7 Å². The highest BCUT2D eigenvalue weighted by atomic mass is 15.1. The molecular weight excluding hydrogens is 194 g/mol. The fraction of sp³-hybridized carbons (Fsp3) is 1.00. The highest BCUT2D eigenvalue weighted by Crippen LogP contribution is 2.36. The monoisotopic (exact) mass is 225 g/mol. The van der Waals surface area contributed by atoms with E-state index in [0.717, 1.165) is 0 Å². The SMILES string of the molecule is CCC(C)(C)CC(C)(C)CN1CCCCC1. The first-order valence-electron chi connectivity index (χ1n) is 7.07. The molecule has 1 heterocycles.